The van der Waals surface area contributed by atoms with Gasteiger partial charge in [-0.05, 0) is 42.4 Å². The van der Waals surface area contributed by atoms with Gasteiger partial charge in [-0.2, -0.15) is 0 Å². The summed E-state index contributed by atoms with van der Waals surface area (Å²) in [5.74, 6) is 0.0429. The lowest BCUT2D eigenvalue weighted by Gasteiger charge is -2.26. The predicted octanol–water partition coefficient (Wildman–Crippen LogP) is 4.05. The normalized spacial score (nSPS) is 18.3. The van der Waals surface area contributed by atoms with Gasteiger partial charge < -0.3 is 4.90 Å². The van der Waals surface area contributed by atoms with Crippen molar-refractivity contribution in [2.75, 3.05) is 11.4 Å². The molecular weight excluding hydrogens is 258 g/mol. The standard InChI is InChI=1S/C19H17NO/c1-2-20-14-13-16(18-5-3-4-6-19(18)20)10-7-15-8-11-17(21)12-9-15/h3-14H,2H2,1H3. The van der Waals surface area contributed by atoms with Crippen LogP contribution in [0.15, 0.2) is 78.6 Å². The Kier molecular flexibility index (Phi) is 3.69. The maximum atomic E-state index is 11.1. The molecule has 1 aromatic rings. The molecule has 0 bridgehead atoms. The molecule has 3 rings (SSSR count). The summed E-state index contributed by atoms with van der Waals surface area (Å²) in [4.78, 5) is 13.3. The number of anilines is 1. The third-order valence-electron chi connectivity index (χ3n) is 3.63. The summed E-state index contributed by atoms with van der Waals surface area (Å²) in [7, 11) is 0. The first-order valence-electron chi connectivity index (χ1n) is 7.14. The molecule has 21 heavy (non-hydrogen) atoms. The molecule has 1 aromatic carbocycles. The lowest BCUT2D eigenvalue weighted by molar-refractivity contribution is -0.110. The second-order valence-electron chi connectivity index (χ2n) is 4.98. The molecule has 1 aliphatic carbocycles. The highest BCUT2D eigenvalue weighted by atomic mass is 16.1. The first-order chi connectivity index (χ1) is 10.3. The van der Waals surface area contributed by atoms with Crippen LogP contribution in [-0.2, 0) is 4.79 Å². The monoisotopic (exact) mass is 275 g/mol. The number of hydrogen-bond acceptors (Lipinski definition) is 2. The summed E-state index contributed by atoms with van der Waals surface area (Å²) in [6, 6.07) is 8.41. The zero-order valence-electron chi connectivity index (χ0n) is 12.0. The van der Waals surface area contributed by atoms with E-state index in [0.717, 1.165) is 12.1 Å². The Hall–Kier alpha value is -2.61. The van der Waals surface area contributed by atoms with Crippen LogP contribution >= 0.6 is 0 Å². The van der Waals surface area contributed by atoms with Crippen molar-refractivity contribution in [1.29, 1.82) is 0 Å². The number of para-hydroxylation sites is 1. The molecule has 0 aromatic heterocycles. The van der Waals surface area contributed by atoms with Gasteiger partial charge in [-0.3, -0.25) is 4.79 Å². The average Bonchev–Trinajstić information content (AvgIpc) is 2.54. The molecule has 0 atom stereocenters. The lowest BCUT2D eigenvalue weighted by Crippen LogP contribution is -2.18. The molecule has 0 N–H and O–H groups in total. The van der Waals surface area contributed by atoms with Crippen molar-refractivity contribution in [2.24, 2.45) is 0 Å². The number of benzene rings is 1. The molecule has 0 amide bonds. The van der Waals surface area contributed by atoms with Crippen molar-refractivity contribution in [3.8, 4) is 0 Å². The van der Waals surface area contributed by atoms with Crippen LogP contribution in [0.3, 0.4) is 0 Å². The number of carbonyl (C=O) groups excluding carboxylic acids is 1. The minimum Gasteiger partial charge on any atom is -0.348 e. The van der Waals surface area contributed by atoms with E-state index in [4.69, 9.17) is 0 Å². The van der Waals surface area contributed by atoms with Gasteiger partial charge in [0.1, 0.15) is 0 Å². The first kappa shape index (κ1) is 13.4. The van der Waals surface area contributed by atoms with Crippen LogP contribution < -0.4 is 4.90 Å². The Bertz CT molecular complexity index is 699. The van der Waals surface area contributed by atoms with E-state index in [1.165, 1.54) is 16.8 Å². The molecule has 0 unspecified atom stereocenters. The van der Waals surface area contributed by atoms with Gasteiger partial charge in [-0.25, -0.2) is 0 Å². The zero-order valence-corrected chi connectivity index (χ0v) is 12.0. The van der Waals surface area contributed by atoms with E-state index in [0.29, 0.717) is 0 Å². The largest absolute Gasteiger partial charge is 0.348 e. The van der Waals surface area contributed by atoms with Crippen LogP contribution in [0.2, 0.25) is 0 Å². The molecule has 2 nitrogen and oxygen atoms in total. The van der Waals surface area contributed by atoms with E-state index in [1.807, 2.05) is 18.2 Å². The first-order valence-corrected chi connectivity index (χ1v) is 7.14. The van der Waals surface area contributed by atoms with Crippen molar-refractivity contribution in [3.05, 3.63) is 84.1 Å². The van der Waals surface area contributed by atoms with Crippen LogP contribution in [-0.4, -0.2) is 12.3 Å². The number of rotatable bonds is 2. The second kappa shape index (κ2) is 5.80. The van der Waals surface area contributed by atoms with Crippen molar-refractivity contribution in [1.82, 2.24) is 0 Å². The zero-order chi connectivity index (χ0) is 14.7. The van der Waals surface area contributed by atoms with Crippen LogP contribution in [0, 0.1) is 0 Å². The molecule has 1 heterocycles. The number of carbonyl (C=O) groups is 1. The minimum absolute atomic E-state index is 0.0429. The van der Waals surface area contributed by atoms with Crippen LogP contribution in [0.1, 0.15) is 12.5 Å². The van der Waals surface area contributed by atoms with Crippen molar-refractivity contribution >= 4 is 17.0 Å². The quantitative estimate of drug-likeness (QED) is 0.811. The fourth-order valence-corrected chi connectivity index (χ4v) is 2.49. The van der Waals surface area contributed by atoms with E-state index in [2.05, 4.69) is 54.4 Å². The number of allylic oxidation sites excluding steroid dienone is 9. The molecule has 0 fully saturated rings. The third kappa shape index (κ3) is 2.79. The van der Waals surface area contributed by atoms with Crippen LogP contribution in [0.5, 0.6) is 0 Å². The molecule has 0 spiro atoms. The maximum Gasteiger partial charge on any atom is 0.178 e. The summed E-state index contributed by atoms with van der Waals surface area (Å²) < 4.78 is 0. The summed E-state index contributed by atoms with van der Waals surface area (Å²) in [5.41, 5.74) is 4.68. The summed E-state index contributed by atoms with van der Waals surface area (Å²) >= 11 is 0. The highest BCUT2D eigenvalue weighted by molar-refractivity contribution is 6.01. The van der Waals surface area contributed by atoms with E-state index in [-0.39, 0.29) is 5.78 Å². The molecule has 0 radical (unpaired) electrons. The molecule has 104 valence electrons. The number of ketones is 1. The van der Waals surface area contributed by atoms with Gasteiger partial charge in [0.15, 0.2) is 5.78 Å². The Balaban J connectivity index is 1.95. The van der Waals surface area contributed by atoms with Crippen molar-refractivity contribution in [3.63, 3.8) is 0 Å². The highest BCUT2D eigenvalue weighted by Crippen LogP contribution is 2.32. The van der Waals surface area contributed by atoms with Crippen LogP contribution in [0.4, 0.5) is 5.69 Å². The van der Waals surface area contributed by atoms with Gasteiger partial charge in [-0.1, -0.05) is 42.5 Å². The van der Waals surface area contributed by atoms with Crippen molar-refractivity contribution < 1.29 is 4.79 Å². The maximum absolute atomic E-state index is 11.1. The Morgan fingerprint density at radius 3 is 2.52 bits per heavy atom. The van der Waals surface area contributed by atoms with E-state index in [9.17, 15) is 4.79 Å². The van der Waals surface area contributed by atoms with Gasteiger partial charge in [0, 0.05) is 24.0 Å². The van der Waals surface area contributed by atoms with Crippen molar-refractivity contribution in [2.45, 2.75) is 6.92 Å². The van der Waals surface area contributed by atoms with E-state index < -0.39 is 0 Å². The minimum atomic E-state index is 0.0429. The summed E-state index contributed by atoms with van der Waals surface area (Å²) in [6.07, 6.45) is 15.3. The number of nitrogens with zero attached hydrogens (tertiary/aromatic N) is 1. The Labute approximate surface area is 125 Å². The predicted molar refractivity (Wildman–Crippen MR) is 87.9 cm³/mol. The molecule has 0 saturated carbocycles. The highest BCUT2D eigenvalue weighted by Gasteiger charge is 2.13. The number of fused-ring (bicyclic) bond motifs is 1. The van der Waals surface area contributed by atoms with Gasteiger partial charge in [0.2, 0.25) is 0 Å². The smallest absolute Gasteiger partial charge is 0.178 e. The second-order valence-corrected chi connectivity index (χ2v) is 4.98. The summed E-state index contributed by atoms with van der Waals surface area (Å²) in [5, 5.41) is 0. The summed E-state index contributed by atoms with van der Waals surface area (Å²) in [6.45, 7) is 3.10. The SMILES string of the molecule is CCN1C=CC(=CC=C2C=CC(=O)C=C2)c2ccccc21. The average molecular weight is 275 g/mol. The molecule has 0 saturated heterocycles. The van der Waals surface area contributed by atoms with Gasteiger partial charge in [0.25, 0.3) is 0 Å². The molecule has 2 heteroatoms. The van der Waals surface area contributed by atoms with E-state index in [1.54, 1.807) is 12.2 Å². The fourth-order valence-electron chi connectivity index (χ4n) is 2.49. The van der Waals surface area contributed by atoms with Gasteiger partial charge in [-0.15, -0.1) is 0 Å². The Morgan fingerprint density at radius 1 is 1.00 bits per heavy atom. The third-order valence-corrected chi connectivity index (χ3v) is 3.63. The molecule has 1 aliphatic heterocycles. The Morgan fingerprint density at radius 2 is 1.76 bits per heavy atom. The van der Waals surface area contributed by atoms with Crippen LogP contribution in [0.25, 0.3) is 5.57 Å². The molecule has 2 aliphatic rings. The topological polar surface area (TPSA) is 20.3 Å². The van der Waals surface area contributed by atoms with Gasteiger partial charge >= 0.3 is 0 Å². The van der Waals surface area contributed by atoms with Gasteiger partial charge in [0.05, 0.1) is 0 Å². The lowest BCUT2D eigenvalue weighted by atomic mass is 9.98. The van der Waals surface area contributed by atoms with E-state index >= 15 is 0 Å². The molecular formula is C19H17NO. The number of hydrogen-bond donors (Lipinski definition) is 0. The fraction of sp³-hybridized carbons (Fsp3) is 0.105.